The predicted molar refractivity (Wildman–Crippen MR) is 112 cm³/mol. The predicted octanol–water partition coefficient (Wildman–Crippen LogP) is 3.69. The monoisotopic (exact) mass is 404 g/mol. The van der Waals surface area contributed by atoms with Crippen molar-refractivity contribution >= 4 is 34.3 Å². The van der Waals surface area contributed by atoms with Gasteiger partial charge in [0, 0.05) is 50.2 Å². The van der Waals surface area contributed by atoms with Gasteiger partial charge in [-0.15, -0.1) is 0 Å². The van der Waals surface area contributed by atoms with Crippen molar-refractivity contribution in [3.8, 4) is 0 Å². The molecule has 2 aromatic rings. The third-order valence-electron chi connectivity index (χ3n) is 6.19. The highest BCUT2D eigenvalue weighted by Crippen LogP contribution is 2.30. The molecule has 1 aliphatic heterocycles. The van der Waals surface area contributed by atoms with E-state index in [1.165, 1.54) is 25.8 Å². The smallest absolute Gasteiger partial charge is 0.217 e. The summed E-state index contributed by atoms with van der Waals surface area (Å²) in [5.74, 6) is 1.83. The van der Waals surface area contributed by atoms with Gasteiger partial charge in [0.1, 0.15) is 0 Å². The van der Waals surface area contributed by atoms with Crippen LogP contribution in [0.25, 0.3) is 11.0 Å². The highest BCUT2D eigenvalue weighted by atomic mass is 35.5. The van der Waals surface area contributed by atoms with E-state index in [1.54, 1.807) is 6.92 Å². The molecule has 2 aliphatic rings. The number of nitrogens with zero attached hydrogens (tertiary/aromatic N) is 3. The first kappa shape index (κ1) is 19.5. The number of aromatic nitrogens is 1. The summed E-state index contributed by atoms with van der Waals surface area (Å²) in [5, 5.41) is 9.05. The second-order valence-electron chi connectivity index (χ2n) is 8.18. The lowest BCUT2D eigenvalue weighted by Crippen LogP contribution is -2.47. The number of halogens is 1. The van der Waals surface area contributed by atoms with Crippen molar-refractivity contribution in [1.29, 1.82) is 0 Å². The standard InChI is InChI=1S/C21H29ClN4O2/c1-15(27)23-18-5-2-16(3-6-18)8-9-25-10-12-26(13-11-25)21-19-7-4-17(22)14-20(19)28-24-21/h4,7,14,16,18H,2-3,5-6,8-13H2,1H3,(H,23,27)/t16-,18-. The molecule has 1 saturated carbocycles. The van der Waals surface area contributed by atoms with Crippen molar-refractivity contribution in [1.82, 2.24) is 15.4 Å². The van der Waals surface area contributed by atoms with Crippen LogP contribution in [-0.4, -0.2) is 54.7 Å². The Kier molecular flexibility index (Phi) is 6.07. The highest BCUT2D eigenvalue weighted by Gasteiger charge is 2.24. The Morgan fingerprint density at radius 2 is 1.96 bits per heavy atom. The Balaban J connectivity index is 1.22. The molecule has 2 fully saturated rings. The highest BCUT2D eigenvalue weighted by molar-refractivity contribution is 6.31. The van der Waals surface area contributed by atoms with Gasteiger partial charge in [0.05, 0.1) is 5.39 Å². The minimum Gasteiger partial charge on any atom is -0.354 e. The number of nitrogens with one attached hydrogen (secondary N) is 1. The summed E-state index contributed by atoms with van der Waals surface area (Å²) >= 11 is 6.04. The Hall–Kier alpha value is -1.79. The van der Waals surface area contributed by atoms with E-state index < -0.39 is 0 Å². The molecule has 6 nitrogen and oxygen atoms in total. The Bertz CT molecular complexity index is 808. The first-order chi connectivity index (χ1) is 13.6. The van der Waals surface area contributed by atoms with Crippen LogP contribution in [0.5, 0.6) is 0 Å². The molecule has 1 aromatic heterocycles. The second kappa shape index (κ2) is 8.70. The van der Waals surface area contributed by atoms with Crippen LogP contribution >= 0.6 is 11.6 Å². The fourth-order valence-corrected chi connectivity index (χ4v) is 4.72. The van der Waals surface area contributed by atoms with Crippen molar-refractivity contribution in [3.05, 3.63) is 23.2 Å². The Morgan fingerprint density at radius 3 is 2.68 bits per heavy atom. The summed E-state index contributed by atoms with van der Waals surface area (Å²) < 4.78 is 5.45. The van der Waals surface area contributed by atoms with Gasteiger partial charge < -0.3 is 14.7 Å². The first-order valence-corrected chi connectivity index (χ1v) is 10.8. The van der Waals surface area contributed by atoms with E-state index in [1.807, 2.05) is 18.2 Å². The number of piperazine rings is 1. The Morgan fingerprint density at radius 1 is 1.21 bits per heavy atom. The lowest BCUT2D eigenvalue weighted by atomic mass is 9.84. The Labute approximate surface area is 171 Å². The number of anilines is 1. The number of fused-ring (bicyclic) bond motifs is 1. The molecule has 0 radical (unpaired) electrons. The van der Waals surface area contributed by atoms with Crippen LogP contribution in [0.1, 0.15) is 39.0 Å². The average molecular weight is 405 g/mol. The number of carbonyl (C=O) groups excluding carboxylic acids is 1. The number of amides is 1. The fraction of sp³-hybridized carbons (Fsp3) is 0.619. The van der Waals surface area contributed by atoms with Gasteiger partial charge in [-0.05, 0) is 56.7 Å². The van der Waals surface area contributed by atoms with Gasteiger partial charge in [-0.1, -0.05) is 16.8 Å². The van der Waals surface area contributed by atoms with E-state index in [9.17, 15) is 4.79 Å². The van der Waals surface area contributed by atoms with Crippen LogP contribution in [-0.2, 0) is 4.79 Å². The third-order valence-corrected chi connectivity index (χ3v) is 6.43. The fourth-order valence-electron chi connectivity index (χ4n) is 4.56. The van der Waals surface area contributed by atoms with Gasteiger partial charge in [0.15, 0.2) is 11.4 Å². The third kappa shape index (κ3) is 4.61. The molecule has 1 N–H and O–H groups in total. The van der Waals surface area contributed by atoms with Gasteiger partial charge in [0.2, 0.25) is 5.91 Å². The molecule has 1 aliphatic carbocycles. The van der Waals surface area contributed by atoms with E-state index in [0.29, 0.717) is 11.1 Å². The van der Waals surface area contributed by atoms with Crippen molar-refractivity contribution < 1.29 is 9.32 Å². The second-order valence-corrected chi connectivity index (χ2v) is 8.62. The molecule has 7 heteroatoms. The quantitative estimate of drug-likeness (QED) is 0.823. The van der Waals surface area contributed by atoms with Crippen LogP contribution in [0.3, 0.4) is 0 Å². The molecule has 4 rings (SSSR count). The molecular weight excluding hydrogens is 376 g/mol. The maximum Gasteiger partial charge on any atom is 0.217 e. The zero-order chi connectivity index (χ0) is 19.5. The number of carbonyl (C=O) groups is 1. The maximum absolute atomic E-state index is 11.2. The topological polar surface area (TPSA) is 61.6 Å². The van der Waals surface area contributed by atoms with Gasteiger partial charge in [0.25, 0.3) is 0 Å². The first-order valence-electron chi connectivity index (χ1n) is 10.4. The van der Waals surface area contributed by atoms with Gasteiger partial charge >= 0.3 is 0 Å². The van der Waals surface area contributed by atoms with E-state index in [4.69, 9.17) is 16.1 Å². The minimum atomic E-state index is 0.101. The molecule has 152 valence electrons. The number of rotatable bonds is 5. The lowest BCUT2D eigenvalue weighted by molar-refractivity contribution is -0.119. The average Bonchev–Trinajstić information content (AvgIpc) is 3.10. The summed E-state index contributed by atoms with van der Waals surface area (Å²) in [6.45, 7) is 6.84. The summed E-state index contributed by atoms with van der Waals surface area (Å²) in [4.78, 5) is 16.1. The van der Waals surface area contributed by atoms with Gasteiger partial charge in [-0.2, -0.15) is 0 Å². The lowest BCUT2D eigenvalue weighted by Gasteiger charge is -2.36. The van der Waals surface area contributed by atoms with Crippen molar-refractivity contribution in [2.75, 3.05) is 37.6 Å². The van der Waals surface area contributed by atoms with Crippen molar-refractivity contribution in [2.45, 2.75) is 45.1 Å². The van der Waals surface area contributed by atoms with Crippen LogP contribution in [0, 0.1) is 5.92 Å². The largest absolute Gasteiger partial charge is 0.354 e. The number of benzene rings is 1. The van der Waals surface area contributed by atoms with E-state index in [-0.39, 0.29) is 5.91 Å². The van der Waals surface area contributed by atoms with Gasteiger partial charge in [-0.25, -0.2) is 0 Å². The molecule has 1 amide bonds. The number of hydrogen-bond acceptors (Lipinski definition) is 5. The maximum atomic E-state index is 11.2. The molecule has 28 heavy (non-hydrogen) atoms. The molecule has 1 saturated heterocycles. The zero-order valence-corrected chi connectivity index (χ0v) is 17.2. The van der Waals surface area contributed by atoms with E-state index >= 15 is 0 Å². The van der Waals surface area contributed by atoms with E-state index in [2.05, 4.69) is 20.3 Å². The van der Waals surface area contributed by atoms with Crippen molar-refractivity contribution in [2.24, 2.45) is 5.92 Å². The summed E-state index contributed by atoms with van der Waals surface area (Å²) in [6.07, 6.45) is 5.98. The van der Waals surface area contributed by atoms with Crippen molar-refractivity contribution in [3.63, 3.8) is 0 Å². The number of hydrogen-bond donors (Lipinski definition) is 1. The van der Waals surface area contributed by atoms with Gasteiger partial charge in [-0.3, -0.25) is 9.69 Å². The summed E-state index contributed by atoms with van der Waals surface area (Å²) in [6, 6.07) is 6.10. The molecule has 0 atom stereocenters. The normalized spacial score (nSPS) is 23.9. The SMILES string of the molecule is CC(=O)N[C@H]1CC[C@H](CCN2CCN(c3noc4cc(Cl)ccc34)CC2)CC1. The molecule has 2 heterocycles. The molecule has 0 unspecified atom stereocenters. The van der Waals surface area contributed by atoms with Crippen LogP contribution in [0.2, 0.25) is 5.02 Å². The minimum absolute atomic E-state index is 0.101. The summed E-state index contributed by atoms with van der Waals surface area (Å²) in [5.41, 5.74) is 0.750. The van der Waals surface area contributed by atoms with Crippen LogP contribution in [0.4, 0.5) is 5.82 Å². The van der Waals surface area contributed by atoms with Crippen LogP contribution in [0.15, 0.2) is 22.7 Å². The zero-order valence-electron chi connectivity index (χ0n) is 16.5. The molecule has 0 spiro atoms. The molecule has 0 bridgehead atoms. The van der Waals surface area contributed by atoms with E-state index in [0.717, 1.165) is 61.7 Å². The molecule has 1 aromatic carbocycles. The molecular formula is C21H29ClN4O2. The van der Waals surface area contributed by atoms with Crippen LogP contribution < -0.4 is 10.2 Å². The summed E-state index contributed by atoms with van der Waals surface area (Å²) in [7, 11) is 0.